The summed E-state index contributed by atoms with van der Waals surface area (Å²) in [6.07, 6.45) is 3.76. The molecule has 3 amide bonds. The van der Waals surface area contributed by atoms with E-state index < -0.39 is 6.04 Å². The lowest BCUT2D eigenvalue weighted by Crippen LogP contribution is -2.47. The maximum Gasteiger partial charge on any atom is 0.242 e. The lowest BCUT2D eigenvalue weighted by molar-refractivity contribution is -0.128. The van der Waals surface area contributed by atoms with Crippen molar-refractivity contribution in [2.75, 3.05) is 13.7 Å². The number of unbranched alkanes of at least 4 members (excludes halogenated alkanes) is 2. The third-order valence-corrected chi connectivity index (χ3v) is 9.60. The smallest absolute Gasteiger partial charge is 0.242 e. The van der Waals surface area contributed by atoms with Gasteiger partial charge in [-0.05, 0) is 72.7 Å². The largest absolute Gasteiger partial charge is 0.497 e. The Balaban J connectivity index is 1.09. The molecule has 2 aromatic heterocycles. The highest BCUT2D eigenvalue weighted by Gasteiger charge is 2.23. The number of ether oxygens (including phenoxy) is 1. The molecule has 0 aliphatic carbocycles. The van der Waals surface area contributed by atoms with E-state index in [2.05, 4.69) is 50.2 Å². The number of hydrogen-bond donors (Lipinski definition) is 5. The Hall–Kier alpha value is -5.83. The van der Waals surface area contributed by atoms with Gasteiger partial charge in [-0.3, -0.25) is 14.4 Å². The van der Waals surface area contributed by atoms with E-state index in [0.717, 1.165) is 61.9 Å². The van der Waals surface area contributed by atoms with E-state index in [9.17, 15) is 14.4 Å². The average molecular weight is 698 g/mol. The summed E-state index contributed by atoms with van der Waals surface area (Å²) in [6.45, 7) is 2.86. The number of hydrogen-bond acceptors (Lipinski definition) is 4. The number of para-hydroxylation sites is 1. The molecule has 4 aromatic carbocycles. The molecule has 2 heterocycles. The topological polar surface area (TPSA) is 128 Å². The van der Waals surface area contributed by atoms with Gasteiger partial charge in [0.2, 0.25) is 17.7 Å². The maximum absolute atomic E-state index is 13.8. The van der Waals surface area contributed by atoms with Crippen LogP contribution in [0.2, 0.25) is 0 Å². The van der Waals surface area contributed by atoms with Crippen LogP contribution in [-0.4, -0.2) is 47.4 Å². The van der Waals surface area contributed by atoms with E-state index in [1.807, 2.05) is 85.8 Å². The molecule has 9 nitrogen and oxygen atoms in total. The number of methoxy groups -OCH3 is 1. The van der Waals surface area contributed by atoms with Crippen LogP contribution >= 0.6 is 0 Å². The molecular weight excluding hydrogens is 651 g/mol. The molecule has 52 heavy (non-hydrogen) atoms. The van der Waals surface area contributed by atoms with Gasteiger partial charge in [0.25, 0.3) is 0 Å². The van der Waals surface area contributed by atoms with Crippen LogP contribution in [0.1, 0.15) is 54.5 Å². The van der Waals surface area contributed by atoms with Gasteiger partial charge in [0.05, 0.1) is 13.5 Å². The van der Waals surface area contributed by atoms with Crippen LogP contribution in [-0.2, 0) is 33.8 Å². The second kappa shape index (κ2) is 17.4. The van der Waals surface area contributed by atoms with Crippen LogP contribution in [0.5, 0.6) is 5.75 Å². The Morgan fingerprint density at radius 3 is 2.25 bits per heavy atom. The summed E-state index contributed by atoms with van der Waals surface area (Å²) in [5, 5.41) is 11.2. The number of aryl methyl sites for hydroxylation is 1. The molecule has 0 spiro atoms. The predicted octanol–water partition coefficient (Wildman–Crippen LogP) is 7.29. The van der Waals surface area contributed by atoms with E-state index >= 15 is 0 Å². The summed E-state index contributed by atoms with van der Waals surface area (Å²) >= 11 is 0. The van der Waals surface area contributed by atoms with Crippen molar-refractivity contribution >= 4 is 39.5 Å². The summed E-state index contributed by atoms with van der Waals surface area (Å²) in [5.74, 6) is 0.275. The Morgan fingerprint density at radius 2 is 1.46 bits per heavy atom. The Kier molecular flexibility index (Phi) is 12.0. The lowest BCUT2D eigenvalue weighted by atomic mass is 10.0. The molecule has 0 aliphatic heterocycles. The van der Waals surface area contributed by atoms with E-state index in [4.69, 9.17) is 4.74 Å². The molecular formula is C43H47N5O4. The monoisotopic (exact) mass is 697 g/mol. The molecule has 0 fully saturated rings. The molecule has 0 aliphatic rings. The Morgan fingerprint density at radius 1 is 0.731 bits per heavy atom. The van der Waals surface area contributed by atoms with Crippen molar-refractivity contribution in [3.8, 4) is 17.0 Å². The highest BCUT2D eigenvalue weighted by molar-refractivity contribution is 5.94. The van der Waals surface area contributed by atoms with Crippen molar-refractivity contribution < 1.29 is 19.1 Å². The van der Waals surface area contributed by atoms with Crippen LogP contribution in [0.25, 0.3) is 33.1 Å². The van der Waals surface area contributed by atoms with Crippen molar-refractivity contribution in [1.82, 2.24) is 25.9 Å². The number of carbonyl (C=O) groups excluding carboxylic acids is 3. The number of benzene rings is 4. The van der Waals surface area contributed by atoms with Crippen molar-refractivity contribution in [2.24, 2.45) is 0 Å². The molecule has 5 N–H and O–H groups in total. The minimum absolute atomic E-state index is 0.00401. The van der Waals surface area contributed by atoms with Gasteiger partial charge in [0, 0.05) is 52.7 Å². The molecule has 0 radical (unpaired) electrons. The van der Waals surface area contributed by atoms with Crippen LogP contribution < -0.4 is 20.7 Å². The van der Waals surface area contributed by atoms with Gasteiger partial charge in [-0.15, -0.1) is 0 Å². The normalized spacial score (nSPS) is 11.7. The zero-order chi connectivity index (χ0) is 36.3. The van der Waals surface area contributed by atoms with Crippen LogP contribution in [0.4, 0.5) is 0 Å². The fourth-order valence-electron chi connectivity index (χ4n) is 6.83. The van der Waals surface area contributed by atoms with Gasteiger partial charge in [0.1, 0.15) is 11.8 Å². The van der Waals surface area contributed by atoms with Crippen molar-refractivity contribution in [1.29, 1.82) is 0 Å². The second-order valence-corrected chi connectivity index (χ2v) is 13.2. The zero-order valence-electron chi connectivity index (χ0n) is 29.9. The van der Waals surface area contributed by atoms with Crippen LogP contribution in [0.15, 0.2) is 103 Å². The first-order valence-corrected chi connectivity index (χ1v) is 18.1. The summed E-state index contributed by atoms with van der Waals surface area (Å²) in [5.41, 5.74) is 8.07. The summed E-state index contributed by atoms with van der Waals surface area (Å²) in [7, 11) is 1.62. The molecule has 9 heteroatoms. The zero-order valence-corrected chi connectivity index (χ0v) is 29.9. The number of aromatic nitrogens is 2. The molecule has 0 unspecified atom stereocenters. The third kappa shape index (κ3) is 9.09. The van der Waals surface area contributed by atoms with Gasteiger partial charge < -0.3 is 30.7 Å². The summed E-state index contributed by atoms with van der Waals surface area (Å²) in [6, 6.07) is 33.3. The van der Waals surface area contributed by atoms with Gasteiger partial charge in [0.15, 0.2) is 0 Å². The molecule has 0 saturated carbocycles. The number of nitrogens with one attached hydrogen (secondary N) is 5. The van der Waals surface area contributed by atoms with E-state index in [-0.39, 0.29) is 24.1 Å². The minimum Gasteiger partial charge on any atom is -0.497 e. The average Bonchev–Trinajstić information content (AvgIpc) is 3.70. The summed E-state index contributed by atoms with van der Waals surface area (Å²) in [4.78, 5) is 46.7. The standard InChI is InChI=1S/C43H47N5O4/c1-29-35(36-26-32(52-2)22-23-38(36)46-29)27-41(50)47-39(20-10-5-11-21-40(49)45-28-30-14-6-3-7-15-30)43(51)44-25-24-34-33-18-12-13-19-37(33)48-42(34)31-16-8-4-9-17-31/h3-4,6-9,12-19,22-23,26,39,46,48H,5,10-11,20-21,24-25,27-28H2,1-2H3,(H,44,51)(H,45,49)(H,47,50)/t39-/m0/s1. The van der Waals surface area contributed by atoms with Crippen LogP contribution in [0.3, 0.4) is 0 Å². The fourth-order valence-corrected chi connectivity index (χ4v) is 6.83. The Bertz CT molecular complexity index is 2120. The fraction of sp³-hybridized carbons (Fsp3) is 0.279. The van der Waals surface area contributed by atoms with Crippen molar-refractivity contribution in [2.45, 2.75) is 64.5 Å². The second-order valence-electron chi connectivity index (χ2n) is 13.2. The van der Waals surface area contributed by atoms with E-state index in [1.165, 1.54) is 0 Å². The molecule has 0 bridgehead atoms. The van der Waals surface area contributed by atoms with E-state index in [1.54, 1.807) is 7.11 Å². The number of amides is 3. The first-order valence-electron chi connectivity index (χ1n) is 18.1. The SMILES string of the molecule is COc1ccc2[nH]c(C)c(CC(=O)N[C@@H](CCCCCC(=O)NCc3ccccc3)C(=O)NCCc3c(-c4ccccc4)[nH]c4ccccc34)c2c1. The van der Waals surface area contributed by atoms with Gasteiger partial charge in [-0.1, -0.05) is 91.7 Å². The first-order chi connectivity index (χ1) is 25.4. The Labute approximate surface area is 304 Å². The van der Waals surface area contributed by atoms with Crippen molar-refractivity contribution in [3.63, 3.8) is 0 Å². The summed E-state index contributed by atoms with van der Waals surface area (Å²) < 4.78 is 5.43. The van der Waals surface area contributed by atoms with Crippen LogP contribution in [0, 0.1) is 6.92 Å². The number of carbonyl (C=O) groups is 3. The predicted molar refractivity (Wildman–Crippen MR) is 207 cm³/mol. The number of aromatic amines is 2. The number of rotatable bonds is 17. The number of fused-ring (bicyclic) bond motifs is 2. The van der Waals surface area contributed by atoms with E-state index in [0.29, 0.717) is 50.9 Å². The molecule has 0 saturated heterocycles. The molecule has 6 aromatic rings. The molecule has 268 valence electrons. The first kappa shape index (κ1) is 36.0. The van der Waals surface area contributed by atoms with Gasteiger partial charge >= 0.3 is 0 Å². The molecule has 6 rings (SSSR count). The van der Waals surface area contributed by atoms with Gasteiger partial charge in [-0.2, -0.15) is 0 Å². The minimum atomic E-state index is -0.712. The van der Waals surface area contributed by atoms with Gasteiger partial charge in [-0.25, -0.2) is 0 Å². The van der Waals surface area contributed by atoms with Crippen molar-refractivity contribution in [3.05, 3.63) is 126 Å². The highest BCUT2D eigenvalue weighted by Crippen LogP contribution is 2.31. The highest BCUT2D eigenvalue weighted by atomic mass is 16.5. The number of H-pyrrole nitrogens is 2. The lowest BCUT2D eigenvalue weighted by Gasteiger charge is -2.19. The maximum atomic E-state index is 13.8. The quantitative estimate of drug-likeness (QED) is 0.0642. The molecule has 1 atom stereocenters. The third-order valence-electron chi connectivity index (χ3n) is 9.60.